The summed E-state index contributed by atoms with van der Waals surface area (Å²) in [7, 11) is 4.23. The summed E-state index contributed by atoms with van der Waals surface area (Å²) in [5.41, 5.74) is 3.50. The summed E-state index contributed by atoms with van der Waals surface area (Å²) in [5.74, 6) is 1.95. The quantitative estimate of drug-likeness (QED) is 0.365. The Balaban J connectivity index is 1.22. The molecule has 0 spiro atoms. The van der Waals surface area contributed by atoms with Crippen molar-refractivity contribution in [3.8, 4) is 6.01 Å². The summed E-state index contributed by atoms with van der Waals surface area (Å²) < 4.78 is 6.41. The maximum absolute atomic E-state index is 12.2. The maximum Gasteiger partial charge on any atom is 0.318 e. The Morgan fingerprint density at radius 3 is 2.76 bits per heavy atom. The second-order valence-electron chi connectivity index (χ2n) is 13.0. The van der Waals surface area contributed by atoms with Crippen LogP contribution in [-0.4, -0.2) is 73.7 Å². The molecule has 1 aromatic heterocycles. The number of hydrogen-bond acceptors (Lipinski definition) is 7. The molecule has 0 radical (unpaired) electrons. The third-order valence-electron chi connectivity index (χ3n) is 9.49. The van der Waals surface area contributed by atoms with E-state index in [0.29, 0.717) is 31.0 Å². The molecule has 1 saturated heterocycles. The van der Waals surface area contributed by atoms with Gasteiger partial charge in [-0.1, -0.05) is 42.4 Å². The fourth-order valence-corrected chi connectivity index (χ4v) is 7.42. The summed E-state index contributed by atoms with van der Waals surface area (Å²) in [6, 6.07) is 13.0. The van der Waals surface area contributed by atoms with Gasteiger partial charge in [-0.05, 0) is 75.2 Å². The van der Waals surface area contributed by atoms with Gasteiger partial charge in [0.05, 0.1) is 23.9 Å². The maximum atomic E-state index is 12.2. The van der Waals surface area contributed by atoms with Crippen LogP contribution in [0.1, 0.15) is 30.5 Å². The largest absolute Gasteiger partial charge is 0.463 e. The molecule has 3 aromatic rings. The number of halogens is 1. The smallest absolute Gasteiger partial charge is 0.318 e. The number of carbonyl (C=O) groups excluding carboxylic acids is 1. The zero-order chi connectivity index (χ0) is 29.0. The molecule has 2 saturated carbocycles. The number of amides is 1. The molecule has 3 fully saturated rings. The van der Waals surface area contributed by atoms with Gasteiger partial charge in [-0.15, -0.1) is 0 Å². The molecule has 3 heterocycles. The van der Waals surface area contributed by atoms with Gasteiger partial charge in [-0.2, -0.15) is 9.97 Å². The van der Waals surface area contributed by atoms with Crippen LogP contribution in [0.5, 0.6) is 6.01 Å². The van der Waals surface area contributed by atoms with E-state index in [9.17, 15) is 4.79 Å². The molecule has 1 N–H and O–H groups in total. The van der Waals surface area contributed by atoms with E-state index in [4.69, 9.17) is 26.3 Å². The molecule has 4 aliphatic rings. The molecule has 2 aliphatic heterocycles. The summed E-state index contributed by atoms with van der Waals surface area (Å²) in [6.45, 7) is 8.45. The van der Waals surface area contributed by atoms with Crippen molar-refractivity contribution in [1.29, 1.82) is 0 Å². The van der Waals surface area contributed by atoms with Crippen LogP contribution in [-0.2, 0) is 17.8 Å². The van der Waals surface area contributed by atoms with Crippen molar-refractivity contribution < 1.29 is 9.53 Å². The minimum atomic E-state index is -0.110. The van der Waals surface area contributed by atoms with Crippen LogP contribution < -0.4 is 19.9 Å². The summed E-state index contributed by atoms with van der Waals surface area (Å²) >= 11 is 6.72. The Labute approximate surface area is 252 Å². The molecule has 2 aromatic carbocycles. The molecule has 3 unspecified atom stereocenters. The highest BCUT2D eigenvalue weighted by atomic mass is 35.5. The molecular formula is C33H39ClN6O2. The third kappa shape index (κ3) is 5.31. The number of carbonyl (C=O) groups is 1. The number of piperidine rings is 1. The van der Waals surface area contributed by atoms with Crippen LogP contribution in [0, 0.1) is 17.3 Å². The summed E-state index contributed by atoms with van der Waals surface area (Å²) in [6.07, 6.45) is 5.66. The monoisotopic (exact) mass is 586 g/mol. The standard InChI is InChI=1S/C33H39ClN6O2/c1-4-29(41)35-27-18-40(16-22-15-24(22)27)31-23-11-14-39(28-10-6-8-21-7-5-9-25(34)30(21)28)17-26(23)36-32(37-31)42-20-33(12-13-33)19-38(2)3/h4-10,22,24,27H,1,11-20H2,2-3H3,(H,35,41). The van der Waals surface area contributed by atoms with Crippen molar-refractivity contribution in [2.75, 3.05) is 56.7 Å². The van der Waals surface area contributed by atoms with Gasteiger partial charge in [-0.25, -0.2) is 0 Å². The Morgan fingerprint density at radius 2 is 2.00 bits per heavy atom. The van der Waals surface area contributed by atoms with E-state index in [1.54, 1.807) is 0 Å². The fraction of sp³-hybridized carbons (Fsp3) is 0.485. The van der Waals surface area contributed by atoms with E-state index in [1.165, 1.54) is 24.5 Å². The van der Waals surface area contributed by atoms with Crippen LogP contribution in [0.4, 0.5) is 11.5 Å². The first-order chi connectivity index (χ1) is 20.3. The van der Waals surface area contributed by atoms with Gasteiger partial charge in [0, 0.05) is 54.3 Å². The molecule has 1 amide bonds. The molecule has 220 valence electrons. The van der Waals surface area contributed by atoms with Gasteiger partial charge >= 0.3 is 6.01 Å². The molecule has 8 nitrogen and oxygen atoms in total. The zero-order valence-electron chi connectivity index (χ0n) is 24.5. The van der Waals surface area contributed by atoms with E-state index < -0.39 is 0 Å². The lowest BCUT2D eigenvalue weighted by molar-refractivity contribution is -0.117. The van der Waals surface area contributed by atoms with Crippen LogP contribution in [0.15, 0.2) is 49.1 Å². The molecule has 2 aliphatic carbocycles. The molecule has 9 heteroatoms. The number of aromatic nitrogens is 2. The lowest BCUT2D eigenvalue weighted by atomic mass is 10.00. The van der Waals surface area contributed by atoms with Gasteiger partial charge in [0.2, 0.25) is 5.91 Å². The number of nitrogens with one attached hydrogen (secondary N) is 1. The van der Waals surface area contributed by atoms with Gasteiger partial charge in [0.15, 0.2) is 0 Å². The normalized spacial score (nSPS) is 23.8. The van der Waals surface area contributed by atoms with Crippen molar-refractivity contribution in [3.05, 3.63) is 65.3 Å². The van der Waals surface area contributed by atoms with E-state index in [1.807, 2.05) is 12.1 Å². The number of rotatable bonds is 9. The van der Waals surface area contributed by atoms with Crippen molar-refractivity contribution in [1.82, 2.24) is 20.2 Å². The highest BCUT2D eigenvalue weighted by Gasteiger charge is 2.49. The third-order valence-corrected chi connectivity index (χ3v) is 9.81. The lowest BCUT2D eigenvalue weighted by Crippen LogP contribution is -2.50. The number of benzene rings is 2. The van der Waals surface area contributed by atoms with Gasteiger partial charge in [0.25, 0.3) is 0 Å². The number of anilines is 2. The van der Waals surface area contributed by atoms with Gasteiger partial charge < -0.3 is 24.8 Å². The Morgan fingerprint density at radius 1 is 1.19 bits per heavy atom. The lowest BCUT2D eigenvalue weighted by Gasteiger charge is -2.37. The molecule has 42 heavy (non-hydrogen) atoms. The zero-order valence-corrected chi connectivity index (χ0v) is 25.2. The number of fused-ring (bicyclic) bond motifs is 3. The van der Waals surface area contributed by atoms with Crippen molar-refractivity contribution >= 4 is 39.8 Å². The minimum absolute atomic E-state index is 0.0944. The average Bonchev–Trinajstić information content (AvgIpc) is 3.91. The summed E-state index contributed by atoms with van der Waals surface area (Å²) in [4.78, 5) is 29.3. The number of ether oxygens (including phenoxy) is 1. The topological polar surface area (TPSA) is 73.8 Å². The number of nitrogens with zero attached hydrogens (tertiary/aromatic N) is 5. The Hall–Kier alpha value is -3.36. The van der Waals surface area contributed by atoms with Crippen molar-refractivity contribution in [3.63, 3.8) is 0 Å². The van der Waals surface area contributed by atoms with Crippen LogP contribution in [0.2, 0.25) is 5.02 Å². The first kappa shape index (κ1) is 27.5. The second-order valence-corrected chi connectivity index (χ2v) is 13.4. The molecular weight excluding hydrogens is 548 g/mol. The predicted octanol–water partition coefficient (Wildman–Crippen LogP) is 4.69. The SMILES string of the molecule is C=CC(=O)NC1CN(c2nc(OCC3(CN(C)C)CC3)nc3c2CCN(c2cccc4cccc(Cl)c24)C3)CC2CC21. The molecule has 7 rings (SSSR count). The Bertz CT molecular complexity index is 1530. The van der Waals surface area contributed by atoms with Crippen LogP contribution >= 0.6 is 11.6 Å². The van der Waals surface area contributed by atoms with E-state index >= 15 is 0 Å². The highest BCUT2D eigenvalue weighted by Crippen LogP contribution is 2.48. The van der Waals surface area contributed by atoms with Crippen molar-refractivity contribution in [2.24, 2.45) is 17.3 Å². The molecule has 0 bridgehead atoms. The molecule has 3 atom stereocenters. The van der Waals surface area contributed by atoms with E-state index in [2.05, 4.69) is 65.0 Å². The van der Waals surface area contributed by atoms with Crippen LogP contribution in [0.3, 0.4) is 0 Å². The first-order valence-electron chi connectivity index (χ1n) is 15.1. The van der Waals surface area contributed by atoms with Gasteiger partial charge in [-0.3, -0.25) is 4.79 Å². The summed E-state index contributed by atoms with van der Waals surface area (Å²) in [5, 5.41) is 6.15. The second kappa shape index (κ2) is 10.7. The highest BCUT2D eigenvalue weighted by molar-refractivity contribution is 6.36. The van der Waals surface area contributed by atoms with E-state index in [-0.39, 0.29) is 17.4 Å². The first-order valence-corrected chi connectivity index (χ1v) is 15.5. The van der Waals surface area contributed by atoms with E-state index in [0.717, 1.165) is 72.0 Å². The minimum Gasteiger partial charge on any atom is -0.463 e. The van der Waals surface area contributed by atoms with Crippen LogP contribution in [0.25, 0.3) is 10.8 Å². The fourth-order valence-electron chi connectivity index (χ4n) is 7.14. The van der Waals surface area contributed by atoms with Gasteiger partial charge in [0.1, 0.15) is 5.82 Å². The predicted molar refractivity (Wildman–Crippen MR) is 167 cm³/mol. The average molecular weight is 587 g/mol. The van der Waals surface area contributed by atoms with Crippen molar-refractivity contribution in [2.45, 2.75) is 38.3 Å². The Kier molecular flexibility index (Phi) is 7.02. The number of hydrogen-bond donors (Lipinski definition) is 1.